The first kappa shape index (κ1) is 17.4. The summed E-state index contributed by atoms with van der Waals surface area (Å²) in [5, 5.41) is 4.50. The summed E-state index contributed by atoms with van der Waals surface area (Å²) in [6.07, 6.45) is 5.28. The lowest BCUT2D eigenvalue weighted by molar-refractivity contribution is 0.610. The van der Waals surface area contributed by atoms with E-state index in [0.29, 0.717) is 16.5 Å². The molecule has 3 aromatic heterocycles. The van der Waals surface area contributed by atoms with Gasteiger partial charge in [-0.3, -0.25) is 0 Å². The predicted molar refractivity (Wildman–Crippen MR) is 105 cm³/mol. The second kappa shape index (κ2) is 7.32. The summed E-state index contributed by atoms with van der Waals surface area (Å²) in [4.78, 5) is 15.9. The van der Waals surface area contributed by atoms with Gasteiger partial charge >= 0.3 is 0 Å². The van der Waals surface area contributed by atoms with Crippen LogP contribution in [0.4, 0.5) is 10.2 Å². The van der Waals surface area contributed by atoms with Crippen LogP contribution in [0.15, 0.2) is 55.0 Å². The van der Waals surface area contributed by atoms with Gasteiger partial charge in [-0.2, -0.15) is 0 Å². The molecule has 0 spiro atoms. The van der Waals surface area contributed by atoms with Gasteiger partial charge in [0.2, 0.25) is 0 Å². The summed E-state index contributed by atoms with van der Waals surface area (Å²) >= 11 is 6.06. The van der Waals surface area contributed by atoms with Crippen LogP contribution in [-0.4, -0.2) is 19.9 Å². The van der Waals surface area contributed by atoms with E-state index >= 15 is 0 Å². The smallest absolute Gasteiger partial charge is 0.183 e. The van der Waals surface area contributed by atoms with Crippen LogP contribution < -0.4 is 5.32 Å². The third-order valence-corrected chi connectivity index (χ3v) is 4.61. The Morgan fingerprint density at radius 3 is 2.78 bits per heavy atom. The van der Waals surface area contributed by atoms with Crippen molar-refractivity contribution in [3.8, 4) is 11.4 Å². The van der Waals surface area contributed by atoms with E-state index in [4.69, 9.17) is 11.6 Å². The van der Waals surface area contributed by atoms with Crippen molar-refractivity contribution in [2.24, 2.45) is 0 Å². The van der Waals surface area contributed by atoms with E-state index in [9.17, 15) is 4.39 Å². The SMILES string of the molecule is CC[C@H](Nc1nc(-c2c[nH]c3ncc(Cl)cc23)ncc1F)c1ccccc1. The van der Waals surface area contributed by atoms with Crippen LogP contribution in [0.5, 0.6) is 0 Å². The van der Waals surface area contributed by atoms with Crippen molar-refractivity contribution in [2.45, 2.75) is 19.4 Å². The van der Waals surface area contributed by atoms with Crippen LogP contribution in [0.3, 0.4) is 0 Å². The van der Waals surface area contributed by atoms with Crippen molar-refractivity contribution in [3.63, 3.8) is 0 Å². The van der Waals surface area contributed by atoms with Crippen LogP contribution in [0.2, 0.25) is 5.02 Å². The molecule has 0 aliphatic heterocycles. The molecule has 5 nitrogen and oxygen atoms in total. The normalized spacial score (nSPS) is 12.3. The maximum absolute atomic E-state index is 14.4. The van der Waals surface area contributed by atoms with E-state index < -0.39 is 5.82 Å². The molecule has 0 saturated heterocycles. The zero-order valence-corrected chi connectivity index (χ0v) is 15.3. The number of pyridine rings is 1. The van der Waals surface area contributed by atoms with Gasteiger partial charge < -0.3 is 10.3 Å². The van der Waals surface area contributed by atoms with Crippen molar-refractivity contribution in [2.75, 3.05) is 5.32 Å². The molecule has 4 rings (SSSR count). The molecule has 0 unspecified atom stereocenters. The first-order chi connectivity index (χ1) is 13.2. The highest BCUT2D eigenvalue weighted by atomic mass is 35.5. The van der Waals surface area contributed by atoms with Gasteiger partial charge in [0.25, 0.3) is 0 Å². The van der Waals surface area contributed by atoms with Gasteiger partial charge in [0, 0.05) is 23.3 Å². The van der Waals surface area contributed by atoms with E-state index in [1.54, 1.807) is 18.5 Å². The lowest BCUT2D eigenvalue weighted by atomic mass is 10.0. The Morgan fingerprint density at radius 2 is 2.00 bits per heavy atom. The molecule has 0 aliphatic carbocycles. The van der Waals surface area contributed by atoms with Crippen LogP contribution in [0.1, 0.15) is 24.9 Å². The van der Waals surface area contributed by atoms with Gasteiger partial charge in [0.1, 0.15) is 5.65 Å². The Kier molecular flexibility index (Phi) is 4.73. The number of fused-ring (bicyclic) bond motifs is 1. The summed E-state index contributed by atoms with van der Waals surface area (Å²) in [6.45, 7) is 2.04. The number of halogens is 2. The third kappa shape index (κ3) is 3.48. The molecule has 0 amide bonds. The lowest BCUT2D eigenvalue weighted by Crippen LogP contribution is -2.12. The molecule has 1 aromatic carbocycles. The van der Waals surface area contributed by atoms with E-state index in [1.165, 1.54) is 6.20 Å². The Balaban J connectivity index is 1.72. The summed E-state index contributed by atoms with van der Waals surface area (Å²) in [5.41, 5.74) is 2.46. The van der Waals surface area contributed by atoms with Crippen LogP contribution >= 0.6 is 11.6 Å². The number of nitrogens with one attached hydrogen (secondary N) is 2. The van der Waals surface area contributed by atoms with Gasteiger partial charge in [-0.25, -0.2) is 19.3 Å². The molecule has 3 heterocycles. The molecule has 0 bridgehead atoms. The molecular formula is C20H17ClFN5. The van der Waals surface area contributed by atoms with Crippen molar-refractivity contribution in [3.05, 3.63) is 71.4 Å². The highest BCUT2D eigenvalue weighted by Crippen LogP contribution is 2.29. The van der Waals surface area contributed by atoms with E-state index in [2.05, 4.69) is 25.3 Å². The highest BCUT2D eigenvalue weighted by Gasteiger charge is 2.16. The summed E-state index contributed by atoms with van der Waals surface area (Å²) < 4.78 is 14.4. The Morgan fingerprint density at radius 1 is 1.19 bits per heavy atom. The zero-order valence-electron chi connectivity index (χ0n) is 14.6. The first-order valence-electron chi connectivity index (χ1n) is 8.62. The molecule has 0 radical (unpaired) electrons. The molecule has 1 atom stereocenters. The van der Waals surface area contributed by atoms with Gasteiger partial charge in [-0.05, 0) is 18.1 Å². The fourth-order valence-electron chi connectivity index (χ4n) is 3.03. The lowest BCUT2D eigenvalue weighted by Gasteiger charge is -2.18. The maximum atomic E-state index is 14.4. The van der Waals surface area contributed by atoms with Crippen molar-refractivity contribution in [1.82, 2.24) is 19.9 Å². The number of H-pyrrole nitrogens is 1. The van der Waals surface area contributed by atoms with Crippen LogP contribution in [-0.2, 0) is 0 Å². The number of benzene rings is 1. The number of aromatic amines is 1. The maximum Gasteiger partial charge on any atom is 0.183 e. The molecule has 0 fully saturated rings. The summed E-state index contributed by atoms with van der Waals surface area (Å²) in [7, 11) is 0. The largest absolute Gasteiger partial charge is 0.361 e. The predicted octanol–water partition coefficient (Wildman–Crippen LogP) is 5.38. The quantitative estimate of drug-likeness (QED) is 0.487. The topological polar surface area (TPSA) is 66.5 Å². The van der Waals surface area contributed by atoms with Crippen molar-refractivity contribution < 1.29 is 4.39 Å². The molecule has 0 aliphatic rings. The van der Waals surface area contributed by atoms with E-state index in [0.717, 1.165) is 22.9 Å². The van der Waals surface area contributed by atoms with Crippen LogP contribution in [0, 0.1) is 5.82 Å². The van der Waals surface area contributed by atoms with Gasteiger partial charge in [-0.1, -0.05) is 48.9 Å². The molecule has 7 heteroatoms. The fraction of sp³-hybridized carbons (Fsp3) is 0.150. The Hall–Kier alpha value is -2.99. The Labute approximate surface area is 160 Å². The molecular weight excluding hydrogens is 365 g/mol. The number of anilines is 1. The second-order valence-electron chi connectivity index (χ2n) is 6.16. The minimum absolute atomic E-state index is 0.0532. The van der Waals surface area contributed by atoms with Gasteiger partial charge in [0.05, 0.1) is 17.3 Å². The van der Waals surface area contributed by atoms with Crippen molar-refractivity contribution in [1.29, 1.82) is 0 Å². The molecule has 4 aromatic rings. The number of nitrogens with zero attached hydrogens (tertiary/aromatic N) is 3. The third-order valence-electron chi connectivity index (χ3n) is 4.40. The summed E-state index contributed by atoms with van der Waals surface area (Å²) in [6, 6.07) is 11.6. The number of hydrogen-bond donors (Lipinski definition) is 2. The van der Waals surface area contributed by atoms with Gasteiger partial charge in [0.15, 0.2) is 17.5 Å². The average molecular weight is 382 g/mol. The second-order valence-corrected chi connectivity index (χ2v) is 6.59. The minimum atomic E-state index is -0.496. The molecule has 27 heavy (non-hydrogen) atoms. The fourth-order valence-corrected chi connectivity index (χ4v) is 3.19. The monoisotopic (exact) mass is 381 g/mol. The van der Waals surface area contributed by atoms with E-state index in [-0.39, 0.29) is 11.9 Å². The zero-order chi connectivity index (χ0) is 18.8. The van der Waals surface area contributed by atoms with Gasteiger partial charge in [-0.15, -0.1) is 0 Å². The average Bonchev–Trinajstić information content (AvgIpc) is 3.11. The minimum Gasteiger partial charge on any atom is -0.361 e. The molecule has 0 saturated carbocycles. The highest BCUT2D eigenvalue weighted by molar-refractivity contribution is 6.31. The summed E-state index contributed by atoms with van der Waals surface area (Å²) in [5.74, 6) is 0.0706. The Bertz CT molecular complexity index is 1080. The first-order valence-corrected chi connectivity index (χ1v) is 9.00. The number of hydrogen-bond acceptors (Lipinski definition) is 4. The molecule has 136 valence electrons. The van der Waals surface area contributed by atoms with E-state index in [1.807, 2.05) is 37.3 Å². The number of rotatable bonds is 5. The molecule has 2 N–H and O–H groups in total. The van der Waals surface area contributed by atoms with Crippen LogP contribution in [0.25, 0.3) is 22.4 Å². The van der Waals surface area contributed by atoms with Crippen molar-refractivity contribution >= 4 is 28.5 Å². The standard InChI is InChI=1S/C20H17ClFN5/c1-2-17(12-6-4-3-5-7-12)26-20-16(22)11-25-19(27-20)15-10-24-18-14(15)8-13(21)9-23-18/h3-11,17H,2H2,1H3,(H,23,24)(H,25,26,27)/t17-/m0/s1. The number of aromatic nitrogens is 4.